The van der Waals surface area contributed by atoms with Crippen molar-refractivity contribution >= 4 is 33.4 Å². The average Bonchev–Trinajstić information content (AvgIpc) is 2.10. The van der Waals surface area contributed by atoms with Gasteiger partial charge in [0.1, 0.15) is 5.82 Å². The maximum atomic E-state index is 13.3. The zero-order valence-corrected chi connectivity index (χ0v) is 9.99. The first-order chi connectivity index (χ1) is 6.43. The minimum Gasteiger partial charge on any atom is -0.345 e. The summed E-state index contributed by atoms with van der Waals surface area (Å²) in [5.74, 6) is -1.00. The van der Waals surface area contributed by atoms with E-state index < -0.39 is 5.82 Å². The van der Waals surface area contributed by atoms with Crippen LogP contribution in [0, 0.1) is 5.82 Å². The quantitative estimate of drug-likeness (QED) is 0.724. The van der Waals surface area contributed by atoms with Crippen molar-refractivity contribution in [1.82, 2.24) is 4.90 Å². The summed E-state index contributed by atoms with van der Waals surface area (Å²) in [6.45, 7) is 0. The maximum Gasteiger partial charge on any atom is 0.256 e. The summed E-state index contributed by atoms with van der Waals surface area (Å²) >= 11 is 8.79. The lowest BCUT2D eigenvalue weighted by molar-refractivity contribution is 0.0823. The lowest BCUT2D eigenvalue weighted by Crippen LogP contribution is -2.22. The predicted molar refractivity (Wildman–Crippen MR) is 57.1 cm³/mol. The number of amides is 1. The van der Waals surface area contributed by atoms with Crippen LogP contribution in [0.2, 0.25) is 5.02 Å². The lowest BCUT2D eigenvalue weighted by atomic mass is 10.2. The number of nitrogens with zero attached hydrogens (tertiary/aromatic N) is 1. The standard InChI is InChI=1S/C9H8BrClFNO/c1-13(2)9(14)5-3-6(10)7(11)4-8(5)12/h3-4H,1-2H3. The second-order valence-corrected chi connectivity index (χ2v) is 4.21. The van der Waals surface area contributed by atoms with E-state index in [1.807, 2.05) is 0 Å². The topological polar surface area (TPSA) is 20.3 Å². The zero-order chi connectivity index (χ0) is 10.9. The summed E-state index contributed by atoms with van der Waals surface area (Å²) in [5.41, 5.74) is 0.00581. The van der Waals surface area contributed by atoms with Crippen LogP contribution in [0.5, 0.6) is 0 Å². The highest BCUT2D eigenvalue weighted by Crippen LogP contribution is 2.26. The first-order valence-corrected chi connectivity index (χ1v) is 4.96. The zero-order valence-electron chi connectivity index (χ0n) is 7.64. The number of hydrogen-bond donors (Lipinski definition) is 0. The van der Waals surface area contributed by atoms with Gasteiger partial charge in [-0.3, -0.25) is 4.79 Å². The number of carbonyl (C=O) groups is 1. The molecule has 0 aromatic heterocycles. The summed E-state index contributed by atoms with van der Waals surface area (Å²) in [5, 5.41) is 0.248. The first kappa shape index (κ1) is 11.5. The van der Waals surface area contributed by atoms with Gasteiger partial charge in [0.2, 0.25) is 0 Å². The molecule has 0 aliphatic heterocycles. The number of hydrogen-bond acceptors (Lipinski definition) is 1. The molecule has 0 atom stereocenters. The summed E-state index contributed by atoms with van der Waals surface area (Å²) < 4.78 is 13.8. The van der Waals surface area contributed by atoms with Gasteiger partial charge in [-0.25, -0.2) is 4.39 Å². The molecule has 2 nitrogen and oxygen atoms in total. The second-order valence-electron chi connectivity index (χ2n) is 2.95. The van der Waals surface area contributed by atoms with Crippen LogP contribution in [0.4, 0.5) is 4.39 Å². The molecule has 1 amide bonds. The number of rotatable bonds is 1. The molecule has 1 aromatic carbocycles. The second kappa shape index (κ2) is 4.28. The van der Waals surface area contributed by atoms with E-state index in [1.54, 1.807) is 14.1 Å². The smallest absolute Gasteiger partial charge is 0.256 e. The predicted octanol–water partition coefficient (Wildman–Crippen LogP) is 2.94. The fraction of sp³-hybridized carbons (Fsp3) is 0.222. The molecule has 5 heteroatoms. The molecule has 0 fully saturated rings. The number of benzene rings is 1. The van der Waals surface area contributed by atoms with Gasteiger partial charge in [-0.15, -0.1) is 0 Å². The summed E-state index contributed by atoms with van der Waals surface area (Å²) in [4.78, 5) is 12.8. The monoisotopic (exact) mass is 279 g/mol. The fourth-order valence-corrected chi connectivity index (χ4v) is 1.42. The van der Waals surface area contributed by atoms with Gasteiger partial charge >= 0.3 is 0 Å². The minimum atomic E-state index is -0.614. The van der Waals surface area contributed by atoms with E-state index in [1.165, 1.54) is 11.0 Å². The summed E-state index contributed by atoms with van der Waals surface area (Å²) in [6.07, 6.45) is 0. The van der Waals surface area contributed by atoms with Crippen LogP contribution in [0.1, 0.15) is 10.4 Å². The van der Waals surface area contributed by atoms with E-state index in [4.69, 9.17) is 11.6 Å². The van der Waals surface area contributed by atoms with Gasteiger partial charge in [-0.2, -0.15) is 0 Å². The van der Waals surface area contributed by atoms with Crippen molar-refractivity contribution in [3.8, 4) is 0 Å². The molecule has 1 rings (SSSR count). The molecule has 0 bridgehead atoms. The SMILES string of the molecule is CN(C)C(=O)c1cc(Br)c(Cl)cc1F. The Kier molecular flexibility index (Phi) is 3.50. The summed E-state index contributed by atoms with van der Waals surface area (Å²) in [6, 6.07) is 2.49. The Labute approximate surface area is 94.8 Å². The number of carbonyl (C=O) groups excluding carboxylic acids is 1. The Morgan fingerprint density at radius 2 is 2.07 bits per heavy atom. The average molecular weight is 281 g/mol. The third-order valence-corrected chi connectivity index (χ3v) is 2.84. The Balaban J connectivity index is 3.22. The van der Waals surface area contributed by atoms with Crippen molar-refractivity contribution < 1.29 is 9.18 Å². The van der Waals surface area contributed by atoms with Crippen LogP contribution in [-0.4, -0.2) is 24.9 Å². The Morgan fingerprint density at radius 1 is 1.50 bits per heavy atom. The molecule has 0 saturated heterocycles. The van der Waals surface area contributed by atoms with Gasteiger partial charge in [-0.1, -0.05) is 11.6 Å². The fourth-order valence-electron chi connectivity index (χ4n) is 0.927. The molecule has 0 heterocycles. The third-order valence-electron chi connectivity index (χ3n) is 1.65. The van der Waals surface area contributed by atoms with Crippen molar-refractivity contribution in [3.63, 3.8) is 0 Å². The van der Waals surface area contributed by atoms with E-state index in [0.717, 1.165) is 6.07 Å². The van der Waals surface area contributed by atoms with Crippen LogP contribution in [-0.2, 0) is 0 Å². The maximum absolute atomic E-state index is 13.3. The molecular formula is C9H8BrClFNO. The molecule has 0 aliphatic carbocycles. The number of halogens is 3. The highest BCUT2D eigenvalue weighted by Gasteiger charge is 2.15. The van der Waals surface area contributed by atoms with Crippen LogP contribution in [0.15, 0.2) is 16.6 Å². The van der Waals surface area contributed by atoms with Gasteiger partial charge in [0.05, 0.1) is 10.6 Å². The van der Waals surface area contributed by atoms with Gasteiger partial charge in [0.25, 0.3) is 5.91 Å². The minimum absolute atomic E-state index is 0.00581. The molecular weight excluding hydrogens is 272 g/mol. The van der Waals surface area contributed by atoms with Crippen molar-refractivity contribution in [1.29, 1.82) is 0 Å². The molecule has 0 unspecified atom stereocenters. The molecule has 76 valence electrons. The van der Waals surface area contributed by atoms with Crippen LogP contribution >= 0.6 is 27.5 Å². The Bertz CT molecular complexity index is 381. The van der Waals surface area contributed by atoms with Crippen LogP contribution < -0.4 is 0 Å². The molecule has 0 spiro atoms. The van der Waals surface area contributed by atoms with E-state index >= 15 is 0 Å². The van der Waals surface area contributed by atoms with E-state index in [9.17, 15) is 9.18 Å². The van der Waals surface area contributed by atoms with Gasteiger partial charge < -0.3 is 4.90 Å². The normalized spacial score (nSPS) is 10.1. The lowest BCUT2D eigenvalue weighted by Gasteiger charge is -2.11. The van der Waals surface area contributed by atoms with Gasteiger partial charge in [0, 0.05) is 18.6 Å². The molecule has 0 saturated carbocycles. The van der Waals surface area contributed by atoms with E-state index in [-0.39, 0.29) is 16.5 Å². The molecule has 1 aromatic rings. The molecule has 0 radical (unpaired) electrons. The van der Waals surface area contributed by atoms with Gasteiger partial charge in [0.15, 0.2) is 0 Å². The van der Waals surface area contributed by atoms with Crippen molar-refractivity contribution in [3.05, 3.63) is 33.0 Å². The van der Waals surface area contributed by atoms with Crippen LogP contribution in [0.25, 0.3) is 0 Å². The third kappa shape index (κ3) is 2.25. The van der Waals surface area contributed by atoms with Crippen molar-refractivity contribution in [2.45, 2.75) is 0 Å². The molecule has 14 heavy (non-hydrogen) atoms. The van der Waals surface area contributed by atoms with Crippen LogP contribution in [0.3, 0.4) is 0 Å². The summed E-state index contributed by atoms with van der Waals surface area (Å²) in [7, 11) is 3.12. The van der Waals surface area contributed by atoms with Crippen molar-refractivity contribution in [2.24, 2.45) is 0 Å². The van der Waals surface area contributed by atoms with E-state index in [2.05, 4.69) is 15.9 Å². The largest absolute Gasteiger partial charge is 0.345 e. The Morgan fingerprint density at radius 3 is 2.57 bits per heavy atom. The Hall–Kier alpha value is -0.610. The highest BCUT2D eigenvalue weighted by molar-refractivity contribution is 9.10. The van der Waals surface area contributed by atoms with E-state index in [0.29, 0.717) is 4.47 Å². The highest BCUT2D eigenvalue weighted by atomic mass is 79.9. The molecule has 0 aliphatic rings. The van der Waals surface area contributed by atoms with Crippen molar-refractivity contribution in [2.75, 3.05) is 14.1 Å². The van der Waals surface area contributed by atoms with Gasteiger partial charge in [-0.05, 0) is 28.1 Å². The first-order valence-electron chi connectivity index (χ1n) is 3.79. The molecule has 0 N–H and O–H groups in total.